The van der Waals surface area contributed by atoms with Gasteiger partial charge in [0.05, 0.1) is 0 Å². The number of hydrogen-bond acceptors (Lipinski definition) is 7. The Hall–Kier alpha value is -0.730. The van der Waals surface area contributed by atoms with Crippen molar-refractivity contribution in [1.29, 1.82) is 0 Å². The zero-order valence-electron chi connectivity index (χ0n) is 15.8. The molecule has 2 aliphatic rings. The van der Waals surface area contributed by atoms with Crippen LogP contribution in [0.3, 0.4) is 0 Å². The van der Waals surface area contributed by atoms with Gasteiger partial charge in [0.25, 0.3) is 0 Å². The van der Waals surface area contributed by atoms with Crippen molar-refractivity contribution in [2.75, 3.05) is 20.3 Å². The van der Waals surface area contributed by atoms with E-state index in [0.717, 1.165) is 19.3 Å². The zero-order valence-corrected chi connectivity index (χ0v) is 15.8. The highest BCUT2D eigenvalue weighted by atomic mass is 16.8. The minimum atomic E-state index is -1.17. The van der Waals surface area contributed by atoms with Crippen LogP contribution in [0.15, 0.2) is 0 Å². The van der Waals surface area contributed by atoms with Gasteiger partial charge in [-0.3, -0.25) is 4.79 Å². The van der Waals surface area contributed by atoms with Gasteiger partial charge in [-0.15, -0.1) is 0 Å². The van der Waals surface area contributed by atoms with Gasteiger partial charge < -0.3 is 28.8 Å². The molecule has 0 aromatic heterocycles. The number of aliphatic hydroxyl groups excluding tert-OH is 1. The normalized spacial score (nSPS) is 33.9. The lowest BCUT2D eigenvalue weighted by molar-refractivity contribution is -0.384. The predicted molar refractivity (Wildman–Crippen MR) is 89.9 cm³/mol. The monoisotopic (exact) mass is 360 g/mol. The molecule has 0 bridgehead atoms. The average molecular weight is 360 g/mol. The van der Waals surface area contributed by atoms with Crippen molar-refractivity contribution < 1.29 is 33.6 Å². The van der Waals surface area contributed by atoms with E-state index < -0.39 is 29.9 Å². The maximum atomic E-state index is 11.9. The molecular formula is C18H32O7. The smallest absolute Gasteiger partial charge is 0.305 e. The summed E-state index contributed by atoms with van der Waals surface area (Å²) in [5.74, 6) is -2.28. The van der Waals surface area contributed by atoms with Crippen LogP contribution >= 0.6 is 0 Å². The molecule has 1 N–H and O–H groups in total. The maximum absolute atomic E-state index is 11.9. The van der Waals surface area contributed by atoms with Crippen molar-refractivity contribution in [1.82, 2.24) is 0 Å². The molecule has 2 aliphatic heterocycles. The van der Waals surface area contributed by atoms with Crippen LogP contribution in [0.25, 0.3) is 0 Å². The third-order valence-electron chi connectivity index (χ3n) is 4.75. The summed E-state index contributed by atoms with van der Waals surface area (Å²) >= 11 is 0. The van der Waals surface area contributed by atoms with Gasteiger partial charge in [-0.05, 0) is 20.3 Å². The standard InChI is InChI=1S/C18H32O7/c1-5-6-7-8-9-10-14(19)22-11-13-15(20)16-18(21-4,24-13)12-23-17(2,3)25-16/h13,15-16,20H,5-12H2,1-4H3/t13-,15-,16+,18+/m1/s1. The summed E-state index contributed by atoms with van der Waals surface area (Å²) in [6.45, 7) is 5.80. The minimum Gasteiger partial charge on any atom is -0.463 e. The van der Waals surface area contributed by atoms with Crippen LogP contribution in [-0.2, 0) is 28.5 Å². The minimum absolute atomic E-state index is 0.0274. The van der Waals surface area contributed by atoms with Crippen molar-refractivity contribution in [2.24, 2.45) is 0 Å². The highest BCUT2D eigenvalue weighted by molar-refractivity contribution is 5.69. The molecule has 7 heteroatoms. The fraction of sp³-hybridized carbons (Fsp3) is 0.944. The van der Waals surface area contributed by atoms with Gasteiger partial charge >= 0.3 is 5.97 Å². The van der Waals surface area contributed by atoms with Gasteiger partial charge in [0, 0.05) is 13.5 Å². The Morgan fingerprint density at radius 1 is 1.20 bits per heavy atom. The van der Waals surface area contributed by atoms with E-state index in [2.05, 4.69) is 6.92 Å². The number of carbonyl (C=O) groups is 1. The van der Waals surface area contributed by atoms with E-state index in [-0.39, 0.29) is 19.2 Å². The van der Waals surface area contributed by atoms with E-state index in [1.165, 1.54) is 20.0 Å². The Kier molecular flexibility index (Phi) is 7.22. The number of fused-ring (bicyclic) bond motifs is 1. The Morgan fingerprint density at radius 3 is 2.60 bits per heavy atom. The maximum Gasteiger partial charge on any atom is 0.305 e. The molecule has 2 saturated heterocycles. The molecule has 0 radical (unpaired) electrons. The summed E-state index contributed by atoms with van der Waals surface area (Å²) in [6.07, 6.45) is 3.38. The van der Waals surface area contributed by atoms with E-state index in [9.17, 15) is 9.90 Å². The molecule has 4 atom stereocenters. The Bertz CT molecular complexity index is 439. The molecule has 2 fully saturated rings. The lowest BCUT2D eigenvalue weighted by Crippen LogP contribution is -2.59. The summed E-state index contributed by atoms with van der Waals surface area (Å²) in [7, 11) is 1.48. The second kappa shape index (κ2) is 8.77. The number of aliphatic hydroxyl groups is 1. The number of ether oxygens (including phenoxy) is 5. The quantitative estimate of drug-likeness (QED) is 0.498. The Labute approximate surface area is 149 Å². The van der Waals surface area contributed by atoms with Crippen LogP contribution in [0.5, 0.6) is 0 Å². The van der Waals surface area contributed by atoms with E-state index in [1.807, 2.05) is 0 Å². The van der Waals surface area contributed by atoms with Gasteiger partial charge in [0.15, 0.2) is 5.79 Å². The van der Waals surface area contributed by atoms with Gasteiger partial charge in [-0.1, -0.05) is 32.6 Å². The van der Waals surface area contributed by atoms with Crippen molar-refractivity contribution in [2.45, 2.75) is 89.2 Å². The van der Waals surface area contributed by atoms with Crippen molar-refractivity contribution in [3.05, 3.63) is 0 Å². The molecule has 25 heavy (non-hydrogen) atoms. The Balaban J connectivity index is 1.80. The third kappa shape index (κ3) is 5.14. The number of rotatable bonds is 9. The van der Waals surface area contributed by atoms with Gasteiger partial charge in [0.1, 0.15) is 31.5 Å². The van der Waals surface area contributed by atoms with Crippen molar-refractivity contribution in [3.8, 4) is 0 Å². The molecule has 0 spiro atoms. The fourth-order valence-electron chi connectivity index (χ4n) is 3.21. The molecule has 2 rings (SSSR count). The summed E-state index contributed by atoms with van der Waals surface area (Å²) in [5, 5.41) is 10.5. The second-order valence-electron chi connectivity index (χ2n) is 7.24. The molecule has 0 aromatic rings. The highest BCUT2D eigenvalue weighted by Crippen LogP contribution is 2.41. The van der Waals surface area contributed by atoms with Crippen LogP contribution in [0.4, 0.5) is 0 Å². The number of carbonyl (C=O) groups excluding carboxylic acids is 1. The average Bonchev–Trinajstić information content (AvgIpc) is 2.85. The van der Waals surface area contributed by atoms with Crippen LogP contribution < -0.4 is 0 Å². The first-order valence-electron chi connectivity index (χ1n) is 9.22. The van der Waals surface area contributed by atoms with Crippen molar-refractivity contribution in [3.63, 3.8) is 0 Å². The molecule has 0 aromatic carbocycles. The largest absolute Gasteiger partial charge is 0.463 e. The number of esters is 1. The first-order chi connectivity index (χ1) is 11.8. The van der Waals surface area contributed by atoms with E-state index in [1.54, 1.807) is 13.8 Å². The summed E-state index contributed by atoms with van der Waals surface area (Å²) in [4.78, 5) is 11.9. The molecule has 0 aliphatic carbocycles. The molecule has 146 valence electrons. The van der Waals surface area contributed by atoms with Gasteiger partial charge in [0.2, 0.25) is 5.79 Å². The Morgan fingerprint density at radius 2 is 1.92 bits per heavy atom. The topological polar surface area (TPSA) is 83.5 Å². The van der Waals surface area contributed by atoms with Gasteiger partial charge in [-0.2, -0.15) is 0 Å². The van der Waals surface area contributed by atoms with Crippen molar-refractivity contribution >= 4 is 5.97 Å². The lowest BCUT2D eigenvalue weighted by Gasteiger charge is -2.44. The molecule has 0 unspecified atom stereocenters. The summed E-state index contributed by atoms with van der Waals surface area (Å²) in [6, 6.07) is 0. The first kappa shape index (κ1) is 20.6. The highest BCUT2D eigenvalue weighted by Gasteiger charge is 2.61. The third-order valence-corrected chi connectivity index (χ3v) is 4.75. The number of unbranched alkanes of at least 4 members (excludes halogenated alkanes) is 4. The first-order valence-corrected chi connectivity index (χ1v) is 9.22. The van der Waals surface area contributed by atoms with E-state index in [4.69, 9.17) is 23.7 Å². The predicted octanol–water partition coefficient (Wildman–Crippen LogP) is 2.14. The fourth-order valence-corrected chi connectivity index (χ4v) is 3.21. The summed E-state index contributed by atoms with van der Waals surface area (Å²) in [5.41, 5.74) is 0. The second-order valence-corrected chi connectivity index (χ2v) is 7.24. The van der Waals surface area contributed by atoms with Crippen LogP contribution in [-0.4, -0.2) is 61.3 Å². The lowest BCUT2D eigenvalue weighted by atomic mass is 10.0. The molecule has 0 saturated carbocycles. The van der Waals surface area contributed by atoms with Gasteiger partial charge in [-0.25, -0.2) is 0 Å². The van der Waals surface area contributed by atoms with E-state index in [0.29, 0.717) is 6.42 Å². The molecular weight excluding hydrogens is 328 g/mol. The van der Waals surface area contributed by atoms with Crippen LogP contribution in [0, 0.1) is 0 Å². The summed E-state index contributed by atoms with van der Waals surface area (Å²) < 4.78 is 27.9. The van der Waals surface area contributed by atoms with Crippen LogP contribution in [0.2, 0.25) is 0 Å². The molecule has 0 amide bonds. The molecule has 7 nitrogen and oxygen atoms in total. The molecule has 2 heterocycles. The van der Waals surface area contributed by atoms with Crippen LogP contribution in [0.1, 0.15) is 59.3 Å². The van der Waals surface area contributed by atoms with E-state index >= 15 is 0 Å². The number of methoxy groups -OCH3 is 1. The SMILES string of the molecule is CCCCCCCC(=O)OC[C@H]1O[C@@]2(OC)COC(C)(C)O[C@H]2[C@@H]1O. The zero-order chi connectivity index (χ0) is 18.5. The number of hydrogen-bond donors (Lipinski definition) is 1.